The molecule has 0 amide bonds. The van der Waals surface area contributed by atoms with E-state index >= 15 is 0 Å². The number of rotatable bonds is 5. The molecule has 1 aromatic heterocycles. The first-order valence-electron chi connectivity index (χ1n) is 9.32. The minimum atomic E-state index is -3.28. The van der Waals surface area contributed by atoms with Gasteiger partial charge in [0.2, 0.25) is 0 Å². The average Bonchev–Trinajstić information content (AvgIpc) is 3.20. The molecule has 0 saturated carbocycles. The summed E-state index contributed by atoms with van der Waals surface area (Å²) in [4.78, 5) is 5.03. The van der Waals surface area contributed by atoms with E-state index in [1.54, 1.807) is 55.5 Å². The maximum Gasteiger partial charge on any atom is 0.178 e. The van der Waals surface area contributed by atoms with E-state index in [1.165, 1.54) is 12.1 Å². The summed E-state index contributed by atoms with van der Waals surface area (Å²) in [5.41, 5.74) is 3.05. The van der Waals surface area contributed by atoms with E-state index in [0.29, 0.717) is 16.5 Å². The summed E-state index contributed by atoms with van der Waals surface area (Å²) in [7, 11) is -3.28. The quantitative estimate of drug-likeness (QED) is 0.394. The summed E-state index contributed by atoms with van der Waals surface area (Å²) in [5, 5.41) is 0.615. The molecule has 4 aromatic rings. The fourth-order valence-corrected chi connectivity index (χ4v) is 4.13. The zero-order valence-electron chi connectivity index (χ0n) is 16.1. The SMILES string of the molecule is CCS(=O)(=O)c1ccc(-n2cc(-c3ccc(F)cc3)nc2-c2ccc(Cl)cc2)cc1. The summed E-state index contributed by atoms with van der Waals surface area (Å²) in [6, 6.07) is 20.1. The summed E-state index contributed by atoms with van der Waals surface area (Å²) in [6.45, 7) is 1.62. The normalized spacial score (nSPS) is 11.6. The lowest BCUT2D eigenvalue weighted by Crippen LogP contribution is -2.04. The minimum Gasteiger partial charge on any atom is -0.299 e. The molecule has 4 rings (SSSR count). The Balaban J connectivity index is 1.85. The van der Waals surface area contributed by atoms with E-state index in [0.717, 1.165) is 16.8 Å². The first-order valence-corrected chi connectivity index (χ1v) is 11.3. The highest BCUT2D eigenvalue weighted by molar-refractivity contribution is 7.91. The van der Waals surface area contributed by atoms with Crippen LogP contribution in [0.2, 0.25) is 5.02 Å². The Morgan fingerprint density at radius 3 is 2.10 bits per heavy atom. The topological polar surface area (TPSA) is 52.0 Å². The molecule has 0 unspecified atom stereocenters. The van der Waals surface area contributed by atoms with Crippen LogP contribution in [0.25, 0.3) is 28.3 Å². The number of halogens is 2. The van der Waals surface area contributed by atoms with Crippen LogP contribution in [0.15, 0.2) is 83.9 Å². The van der Waals surface area contributed by atoms with Crippen molar-refractivity contribution in [1.82, 2.24) is 9.55 Å². The van der Waals surface area contributed by atoms with Crippen LogP contribution < -0.4 is 0 Å². The second-order valence-corrected chi connectivity index (χ2v) is 9.45. The lowest BCUT2D eigenvalue weighted by molar-refractivity contribution is 0.597. The molecule has 152 valence electrons. The maximum absolute atomic E-state index is 13.3. The second-order valence-electron chi connectivity index (χ2n) is 6.73. The lowest BCUT2D eigenvalue weighted by atomic mass is 10.2. The molecule has 4 nitrogen and oxygen atoms in total. The van der Waals surface area contributed by atoms with Gasteiger partial charge in [-0.05, 0) is 72.8 Å². The average molecular weight is 441 g/mol. The van der Waals surface area contributed by atoms with Crippen LogP contribution in [0.3, 0.4) is 0 Å². The van der Waals surface area contributed by atoms with Gasteiger partial charge in [0.25, 0.3) is 0 Å². The number of aromatic nitrogens is 2. The van der Waals surface area contributed by atoms with Gasteiger partial charge in [-0.2, -0.15) is 0 Å². The van der Waals surface area contributed by atoms with Gasteiger partial charge < -0.3 is 0 Å². The maximum atomic E-state index is 13.3. The Morgan fingerprint density at radius 1 is 0.900 bits per heavy atom. The Hall–Kier alpha value is -2.96. The molecule has 0 N–H and O–H groups in total. The zero-order valence-corrected chi connectivity index (χ0v) is 17.7. The molecule has 0 bridgehead atoms. The Labute approximate surface area is 179 Å². The first kappa shape index (κ1) is 20.3. The third kappa shape index (κ3) is 4.01. The van der Waals surface area contributed by atoms with Crippen LogP contribution in [0, 0.1) is 5.82 Å². The monoisotopic (exact) mass is 440 g/mol. The first-order chi connectivity index (χ1) is 14.4. The standard InChI is InChI=1S/C23H18ClFN2O2S/c1-2-30(28,29)21-13-11-20(12-14-21)27-15-22(16-5-9-19(25)10-6-16)26-23(27)17-3-7-18(24)8-4-17/h3-15H,2H2,1H3. The van der Waals surface area contributed by atoms with Crippen LogP contribution in [0.1, 0.15) is 6.92 Å². The smallest absolute Gasteiger partial charge is 0.178 e. The number of imidazole rings is 1. The van der Waals surface area contributed by atoms with Crippen molar-refractivity contribution in [3.63, 3.8) is 0 Å². The summed E-state index contributed by atoms with van der Waals surface area (Å²) in [6.07, 6.45) is 1.85. The van der Waals surface area contributed by atoms with Gasteiger partial charge in [-0.25, -0.2) is 17.8 Å². The van der Waals surface area contributed by atoms with Crippen molar-refractivity contribution in [2.75, 3.05) is 5.75 Å². The van der Waals surface area contributed by atoms with E-state index in [-0.39, 0.29) is 16.5 Å². The lowest BCUT2D eigenvalue weighted by Gasteiger charge is -2.09. The molecule has 0 aliphatic carbocycles. The fraction of sp³-hybridized carbons (Fsp3) is 0.0870. The predicted octanol–water partition coefficient (Wildman–Crippen LogP) is 5.79. The van der Waals surface area contributed by atoms with Crippen molar-refractivity contribution in [3.8, 4) is 28.3 Å². The van der Waals surface area contributed by atoms with Gasteiger partial charge in [0.05, 0.1) is 16.3 Å². The molecule has 0 fully saturated rings. The van der Waals surface area contributed by atoms with Crippen molar-refractivity contribution in [1.29, 1.82) is 0 Å². The van der Waals surface area contributed by atoms with Crippen molar-refractivity contribution in [2.24, 2.45) is 0 Å². The van der Waals surface area contributed by atoms with Gasteiger partial charge in [-0.15, -0.1) is 0 Å². The molecule has 3 aromatic carbocycles. The highest BCUT2D eigenvalue weighted by Gasteiger charge is 2.15. The molecule has 0 spiro atoms. The molecule has 0 aliphatic heterocycles. The molecule has 30 heavy (non-hydrogen) atoms. The Kier molecular flexibility index (Phi) is 5.45. The highest BCUT2D eigenvalue weighted by Crippen LogP contribution is 2.29. The number of hydrogen-bond donors (Lipinski definition) is 0. The van der Waals surface area contributed by atoms with E-state index in [1.807, 2.05) is 22.9 Å². The third-order valence-electron chi connectivity index (χ3n) is 4.80. The van der Waals surface area contributed by atoms with Crippen LogP contribution >= 0.6 is 11.6 Å². The van der Waals surface area contributed by atoms with Crippen LogP contribution in [0.5, 0.6) is 0 Å². The van der Waals surface area contributed by atoms with E-state index in [9.17, 15) is 12.8 Å². The summed E-state index contributed by atoms with van der Waals surface area (Å²) >= 11 is 6.03. The number of hydrogen-bond acceptors (Lipinski definition) is 3. The minimum absolute atomic E-state index is 0.0438. The van der Waals surface area contributed by atoms with Gasteiger partial charge in [0, 0.05) is 28.0 Å². The van der Waals surface area contributed by atoms with Crippen molar-refractivity contribution < 1.29 is 12.8 Å². The number of benzene rings is 3. The van der Waals surface area contributed by atoms with Gasteiger partial charge in [0.1, 0.15) is 11.6 Å². The summed E-state index contributed by atoms with van der Waals surface area (Å²) < 4.78 is 39.5. The second kappa shape index (κ2) is 8.05. The van der Waals surface area contributed by atoms with E-state index in [2.05, 4.69) is 0 Å². The molecule has 0 radical (unpaired) electrons. The molecule has 7 heteroatoms. The zero-order chi connectivity index (χ0) is 21.3. The molecule has 1 heterocycles. The fourth-order valence-electron chi connectivity index (χ4n) is 3.12. The highest BCUT2D eigenvalue weighted by atomic mass is 35.5. The summed E-state index contributed by atoms with van der Waals surface area (Å²) in [5.74, 6) is 0.392. The van der Waals surface area contributed by atoms with Crippen LogP contribution in [0.4, 0.5) is 4.39 Å². The van der Waals surface area contributed by atoms with Crippen molar-refractivity contribution in [2.45, 2.75) is 11.8 Å². The molecule has 0 saturated heterocycles. The molecular weight excluding hydrogens is 423 g/mol. The van der Waals surface area contributed by atoms with Gasteiger partial charge in [-0.1, -0.05) is 18.5 Å². The Bertz CT molecular complexity index is 1280. The molecule has 0 aliphatic rings. The van der Waals surface area contributed by atoms with Gasteiger partial charge >= 0.3 is 0 Å². The van der Waals surface area contributed by atoms with E-state index in [4.69, 9.17) is 16.6 Å². The predicted molar refractivity (Wildman–Crippen MR) is 117 cm³/mol. The number of sulfone groups is 1. The van der Waals surface area contributed by atoms with Gasteiger partial charge in [0.15, 0.2) is 9.84 Å². The molecular formula is C23H18ClFN2O2S. The van der Waals surface area contributed by atoms with Crippen molar-refractivity contribution in [3.05, 3.63) is 89.8 Å². The van der Waals surface area contributed by atoms with Crippen LogP contribution in [-0.4, -0.2) is 23.7 Å². The van der Waals surface area contributed by atoms with Crippen molar-refractivity contribution >= 4 is 21.4 Å². The number of nitrogens with zero attached hydrogens (tertiary/aromatic N) is 2. The van der Waals surface area contributed by atoms with Gasteiger partial charge in [-0.3, -0.25) is 4.57 Å². The molecule has 0 atom stereocenters. The van der Waals surface area contributed by atoms with Crippen LogP contribution in [-0.2, 0) is 9.84 Å². The largest absolute Gasteiger partial charge is 0.299 e. The Morgan fingerprint density at radius 2 is 1.50 bits per heavy atom. The third-order valence-corrected chi connectivity index (χ3v) is 6.80. The van der Waals surface area contributed by atoms with E-state index < -0.39 is 9.84 Å².